The number of amides is 2. The van der Waals surface area contributed by atoms with Crippen molar-refractivity contribution in [3.8, 4) is 0 Å². The first kappa shape index (κ1) is 22.7. The van der Waals surface area contributed by atoms with Gasteiger partial charge >= 0.3 is 0 Å². The molecule has 0 bridgehead atoms. The van der Waals surface area contributed by atoms with E-state index >= 15 is 0 Å². The number of carbonyl (C=O) groups excluding carboxylic acids is 2. The molecule has 5 heterocycles. The molecule has 0 unspecified atom stereocenters. The number of fused-ring (bicyclic) bond motifs is 3. The predicted octanol–water partition coefficient (Wildman–Crippen LogP) is 3.68. The molecule has 2 saturated carbocycles. The third-order valence-electron chi connectivity index (χ3n) is 7.74. The van der Waals surface area contributed by atoms with Crippen molar-refractivity contribution in [1.29, 1.82) is 0 Å². The molecule has 3 aliphatic rings. The third-order valence-corrected chi connectivity index (χ3v) is 8.50. The summed E-state index contributed by atoms with van der Waals surface area (Å²) in [6.45, 7) is 4.44. The van der Waals surface area contributed by atoms with Crippen molar-refractivity contribution in [2.45, 2.75) is 64.1 Å². The first-order valence-electron chi connectivity index (χ1n) is 13.2. The van der Waals surface area contributed by atoms with Crippen LogP contribution in [0.2, 0.25) is 0 Å². The number of thiazole rings is 1. The fraction of sp³-hybridized carbons (Fsp3) is 0.500. The smallest absolute Gasteiger partial charge is 0.273 e. The van der Waals surface area contributed by atoms with Gasteiger partial charge in [0.1, 0.15) is 16.9 Å². The standard InChI is InChI=1S/C26H30N8O2S/c1-3-33-17(12-21(35)34(15-5-6-15)16-7-8-16)11-18-22-19(13-27-23(18)33)28-25(31(22)2)30-26-29-20(14-37-26)24(36)32-9-4-10-32/h11,13-16H,3-10,12H2,1-2H3,(H,28,29,30). The molecule has 3 fully saturated rings. The molecular weight excluding hydrogens is 488 g/mol. The van der Waals surface area contributed by atoms with Crippen molar-refractivity contribution in [2.75, 3.05) is 18.4 Å². The summed E-state index contributed by atoms with van der Waals surface area (Å²) in [5.41, 5.74) is 4.07. The SMILES string of the molecule is CCn1c(CC(=O)N(C2CC2)C2CC2)cc2c3c(cnc21)nc(Nc1nc(C(=O)N2CCC2)cs1)n3C. The Labute approximate surface area is 218 Å². The number of aryl methyl sites for hydroxylation is 2. The zero-order chi connectivity index (χ0) is 25.3. The van der Waals surface area contributed by atoms with Crippen molar-refractivity contribution >= 4 is 56.3 Å². The summed E-state index contributed by atoms with van der Waals surface area (Å²) in [5.74, 6) is 0.854. The van der Waals surface area contributed by atoms with Crippen molar-refractivity contribution in [2.24, 2.45) is 7.05 Å². The molecular formula is C26H30N8O2S. The number of imidazole rings is 1. The van der Waals surface area contributed by atoms with Gasteiger partial charge in [0.15, 0.2) is 5.13 Å². The Balaban J connectivity index is 1.20. The summed E-state index contributed by atoms with van der Waals surface area (Å²) in [4.78, 5) is 43.8. The second-order valence-corrected chi connectivity index (χ2v) is 11.2. The number of carbonyl (C=O) groups is 2. The van der Waals surface area contributed by atoms with Crippen LogP contribution < -0.4 is 5.32 Å². The van der Waals surface area contributed by atoms with Gasteiger partial charge in [-0.15, -0.1) is 11.3 Å². The van der Waals surface area contributed by atoms with E-state index < -0.39 is 0 Å². The summed E-state index contributed by atoms with van der Waals surface area (Å²) < 4.78 is 4.16. The highest BCUT2D eigenvalue weighted by Gasteiger charge is 2.42. The van der Waals surface area contributed by atoms with Crippen LogP contribution in [0.5, 0.6) is 0 Å². The maximum Gasteiger partial charge on any atom is 0.273 e. The highest BCUT2D eigenvalue weighted by atomic mass is 32.1. The molecule has 0 aromatic carbocycles. The zero-order valence-corrected chi connectivity index (χ0v) is 21.9. The molecule has 2 aliphatic carbocycles. The first-order chi connectivity index (χ1) is 18.0. The van der Waals surface area contributed by atoms with E-state index in [0.29, 0.717) is 35.3 Å². The molecule has 2 amide bonds. The Bertz CT molecular complexity index is 1530. The van der Waals surface area contributed by atoms with Crippen molar-refractivity contribution in [3.05, 3.63) is 29.0 Å². The van der Waals surface area contributed by atoms with Crippen LogP contribution in [-0.4, -0.2) is 70.9 Å². The Morgan fingerprint density at radius 3 is 2.57 bits per heavy atom. The molecule has 4 aromatic rings. The topological polar surface area (TPSA) is 101 Å². The van der Waals surface area contributed by atoms with Crippen LogP contribution in [-0.2, 0) is 24.8 Å². The molecule has 1 aliphatic heterocycles. The van der Waals surface area contributed by atoms with E-state index in [1.165, 1.54) is 11.3 Å². The van der Waals surface area contributed by atoms with Crippen LogP contribution in [0.3, 0.4) is 0 Å². The fourth-order valence-corrected chi connectivity index (χ4v) is 6.11. The molecule has 192 valence electrons. The molecule has 10 nitrogen and oxygen atoms in total. The minimum atomic E-state index is -0.0172. The van der Waals surface area contributed by atoms with E-state index in [-0.39, 0.29) is 11.8 Å². The van der Waals surface area contributed by atoms with Gasteiger partial charge in [-0.2, -0.15) is 0 Å². The summed E-state index contributed by atoms with van der Waals surface area (Å²) in [7, 11) is 1.97. The van der Waals surface area contributed by atoms with Gasteiger partial charge in [0.05, 0.1) is 18.1 Å². The van der Waals surface area contributed by atoms with Crippen molar-refractivity contribution in [3.63, 3.8) is 0 Å². The monoisotopic (exact) mass is 518 g/mol. The van der Waals surface area contributed by atoms with Crippen LogP contribution >= 0.6 is 11.3 Å². The molecule has 7 rings (SSSR count). The van der Waals surface area contributed by atoms with Gasteiger partial charge in [-0.3, -0.25) is 9.59 Å². The molecule has 1 saturated heterocycles. The predicted molar refractivity (Wildman–Crippen MR) is 142 cm³/mol. The molecule has 1 N–H and O–H groups in total. The number of nitrogens with zero attached hydrogens (tertiary/aromatic N) is 7. The first-order valence-corrected chi connectivity index (χ1v) is 14.1. The fourth-order valence-electron chi connectivity index (χ4n) is 5.43. The number of hydrogen-bond donors (Lipinski definition) is 1. The number of rotatable bonds is 8. The van der Waals surface area contributed by atoms with Crippen molar-refractivity contribution in [1.82, 2.24) is 33.9 Å². The van der Waals surface area contributed by atoms with Crippen molar-refractivity contribution < 1.29 is 9.59 Å². The lowest BCUT2D eigenvalue weighted by molar-refractivity contribution is -0.131. The van der Waals surface area contributed by atoms with Gasteiger partial charge in [-0.05, 0) is 45.1 Å². The second kappa shape index (κ2) is 8.54. The van der Waals surface area contributed by atoms with Crippen LogP contribution in [0.1, 0.15) is 55.2 Å². The minimum absolute atomic E-state index is 0.0172. The average molecular weight is 519 g/mol. The Hall–Kier alpha value is -3.47. The average Bonchev–Trinajstić information content (AvgIpc) is 3.75. The molecule has 4 aromatic heterocycles. The van der Waals surface area contributed by atoms with E-state index in [1.807, 2.05) is 16.5 Å². The van der Waals surface area contributed by atoms with E-state index in [1.54, 1.807) is 11.6 Å². The highest BCUT2D eigenvalue weighted by Crippen LogP contribution is 2.38. The Kier molecular flexibility index (Phi) is 5.24. The summed E-state index contributed by atoms with van der Waals surface area (Å²) >= 11 is 1.40. The highest BCUT2D eigenvalue weighted by molar-refractivity contribution is 7.14. The quantitative estimate of drug-likeness (QED) is 0.382. The molecule has 0 atom stereocenters. The van der Waals surface area contributed by atoms with Gasteiger partial charge in [0.2, 0.25) is 11.9 Å². The molecule has 0 radical (unpaired) electrons. The summed E-state index contributed by atoms with van der Waals surface area (Å²) in [6.07, 6.45) is 7.80. The van der Waals surface area contributed by atoms with Crippen LogP contribution in [0.4, 0.5) is 11.1 Å². The summed E-state index contributed by atoms with van der Waals surface area (Å²) in [6, 6.07) is 3.01. The molecule has 11 heteroatoms. The lowest BCUT2D eigenvalue weighted by Gasteiger charge is -2.29. The van der Waals surface area contributed by atoms with Gasteiger partial charge in [-0.1, -0.05) is 0 Å². The number of anilines is 2. The van der Waals surface area contributed by atoms with Crippen LogP contribution in [0.15, 0.2) is 17.6 Å². The minimum Gasteiger partial charge on any atom is -0.337 e. The molecule has 0 spiro atoms. The van der Waals surface area contributed by atoms with Gasteiger partial charge < -0.3 is 24.3 Å². The Morgan fingerprint density at radius 1 is 1.16 bits per heavy atom. The third kappa shape index (κ3) is 3.87. The van der Waals surface area contributed by atoms with Gasteiger partial charge in [0.25, 0.3) is 5.91 Å². The second-order valence-electron chi connectivity index (χ2n) is 10.4. The number of likely N-dealkylation sites (tertiary alicyclic amines) is 1. The van der Waals surface area contributed by atoms with E-state index in [2.05, 4.69) is 32.8 Å². The Morgan fingerprint density at radius 2 is 1.92 bits per heavy atom. The summed E-state index contributed by atoms with van der Waals surface area (Å²) in [5, 5.41) is 6.70. The van der Waals surface area contributed by atoms with Gasteiger partial charge in [-0.25, -0.2) is 15.0 Å². The molecule has 37 heavy (non-hydrogen) atoms. The maximum absolute atomic E-state index is 13.3. The number of aromatic nitrogens is 5. The van der Waals surface area contributed by atoms with E-state index in [9.17, 15) is 9.59 Å². The van der Waals surface area contributed by atoms with Gasteiger partial charge in [0, 0.05) is 55.2 Å². The lowest BCUT2D eigenvalue weighted by Crippen LogP contribution is -2.42. The largest absolute Gasteiger partial charge is 0.337 e. The number of nitrogens with one attached hydrogen (secondary N) is 1. The van der Waals surface area contributed by atoms with E-state index in [4.69, 9.17) is 9.97 Å². The number of hydrogen-bond acceptors (Lipinski definition) is 7. The van der Waals surface area contributed by atoms with Crippen LogP contribution in [0, 0.1) is 0 Å². The number of pyridine rings is 1. The van der Waals surface area contributed by atoms with E-state index in [0.717, 1.165) is 79.5 Å². The zero-order valence-electron chi connectivity index (χ0n) is 21.1. The maximum atomic E-state index is 13.3. The lowest BCUT2D eigenvalue weighted by atomic mass is 10.2. The van der Waals surface area contributed by atoms with Crippen LogP contribution in [0.25, 0.3) is 22.1 Å². The normalized spacial score (nSPS) is 17.4.